The first-order valence-electron chi connectivity index (χ1n) is 15.8. The molecule has 4 aliphatic carbocycles. The fourth-order valence-electron chi connectivity index (χ4n) is 8.42. The molecule has 0 aromatic heterocycles. The van der Waals surface area contributed by atoms with Gasteiger partial charge in [-0.05, 0) is 116 Å². The SMILES string of the molecule is CCOC(=O)Cc1cccc(OCc2ccc(C34CC5CC(CC(C5)C3)C4)c(OC)c2)c1-c1cccc(C(=O)OCC)c1. The van der Waals surface area contributed by atoms with Gasteiger partial charge >= 0.3 is 11.9 Å². The second-order valence-electron chi connectivity index (χ2n) is 12.6. The molecule has 0 amide bonds. The number of carbonyl (C=O) groups is 2. The van der Waals surface area contributed by atoms with Crippen LogP contribution >= 0.6 is 0 Å². The number of rotatable bonds is 11. The van der Waals surface area contributed by atoms with Gasteiger partial charge in [0.25, 0.3) is 0 Å². The highest BCUT2D eigenvalue weighted by Gasteiger charge is 2.52. The van der Waals surface area contributed by atoms with Crippen molar-refractivity contribution in [3.05, 3.63) is 82.9 Å². The van der Waals surface area contributed by atoms with Crippen LogP contribution in [0.3, 0.4) is 0 Å². The molecule has 0 saturated heterocycles. The molecule has 0 unspecified atom stereocenters. The maximum absolute atomic E-state index is 12.5. The van der Waals surface area contributed by atoms with Gasteiger partial charge in [0.2, 0.25) is 0 Å². The molecule has 4 bridgehead atoms. The monoisotopic (exact) mass is 582 g/mol. The molecule has 6 nitrogen and oxygen atoms in total. The van der Waals surface area contributed by atoms with Gasteiger partial charge in [0, 0.05) is 11.1 Å². The molecule has 0 atom stereocenters. The summed E-state index contributed by atoms with van der Waals surface area (Å²) in [5.74, 6) is 3.48. The van der Waals surface area contributed by atoms with Crippen molar-refractivity contribution in [3.63, 3.8) is 0 Å². The van der Waals surface area contributed by atoms with Gasteiger partial charge in [-0.2, -0.15) is 0 Å². The topological polar surface area (TPSA) is 71.1 Å². The Morgan fingerprint density at radius 3 is 2.19 bits per heavy atom. The highest BCUT2D eigenvalue weighted by atomic mass is 16.5. The molecule has 0 radical (unpaired) electrons. The molecular weight excluding hydrogens is 540 g/mol. The third-order valence-corrected chi connectivity index (χ3v) is 9.68. The third kappa shape index (κ3) is 6.02. The van der Waals surface area contributed by atoms with E-state index in [9.17, 15) is 9.59 Å². The van der Waals surface area contributed by atoms with Crippen molar-refractivity contribution in [1.29, 1.82) is 0 Å². The molecule has 0 N–H and O–H groups in total. The number of carbonyl (C=O) groups excluding carboxylic acids is 2. The van der Waals surface area contributed by atoms with E-state index in [0.717, 1.165) is 45.8 Å². The summed E-state index contributed by atoms with van der Waals surface area (Å²) in [5, 5.41) is 0. The van der Waals surface area contributed by atoms with E-state index in [2.05, 4.69) is 18.2 Å². The fraction of sp³-hybridized carbons (Fsp3) is 0.459. The van der Waals surface area contributed by atoms with Gasteiger partial charge in [0.15, 0.2) is 0 Å². The van der Waals surface area contributed by atoms with E-state index in [1.54, 1.807) is 33.1 Å². The first-order valence-corrected chi connectivity index (χ1v) is 15.8. The Bertz CT molecular complexity index is 1450. The van der Waals surface area contributed by atoms with E-state index >= 15 is 0 Å². The Labute approximate surface area is 254 Å². The first kappa shape index (κ1) is 29.3. The van der Waals surface area contributed by atoms with E-state index in [1.165, 1.54) is 44.1 Å². The molecule has 3 aromatic rings. The summed E-state index contributed by atoms with van der Waals surface area (Å²) in [5.41, 5.74) is 5.39. The molecule has 43 heavy (non-hydrogen) atoms. The van der Waals surface area contributed by atoms with Gasteiger partial charge in [0.05, 0.1) is 32.3 Å². The summed E-state index contributed by atoms with van der Waals surface area (Å²) in [6, 6.07) is 19.6. The first-order chi connectivity index (χ1) is 20.9. The van der Waals surface area contributed by atoms with Crippen LogP contribution in [0.4, 0.5) is 0 Å². The van der Waals surface area contributed by atoms with Crippen LogP contribution in [0, 0.1) is 17.8 Å². The number of hydrogen-bond acceptors (Lipinski definition) is 6. The van der Waals surface area contributed by atoms with Crippen LogP contribution < -0.4 is 9.47 Å². The summed E-state index contributed by atoms with van der Waals surface area (Å²) >= 11 is 0. The summed E-state index contributed by atoms with van der Waals surface area (Å²) in [7, 11) is 1.78. The van der Waals surface area contributed by atoms with E-state index in [-0.39, 0.29) is 23.8 Å². The predicted octanol–water partition coefficient (Wildman–Crippen LogP) is 7.69. The maximum Gasteiger partial charge on any atom is 0.338 e. The third-order valence-electron chi connectivity index (χ3n) is 9.68. The molecular formula is C37H42O6. The molecule has 4 aliphatic rings. The Balaban J connectivity index is 1.29. The van der Waals surface area contributed by atoms with Crippen LogP contribution in [0.5, 0.6) is 11.5 Å². The molecule has 4 fully saturated rings. The van der Waals surface area contributed by atoms with E-state index in [4.69, 9.17) is 18.9 Å². The van der Waals surface area contributed by atoms with Crippen molar-refractivity contribution in [1.82, 2.24) is 0 Å². The van der Waals surface area contributed by atoms with Crippen LogP contribution in [0.1, 0.15) is 79.4 Å². The lowest BCUT2D eigenvalue weighted by Gasteiger charge is -2.57. The molecule has 0 aliphatic heterocycles. The smallest absolute Gasteiger partial charge is 0.338 e. The number of methoxy groups -OCH3 is 1. The van der Waals surface area contributed by atoms with Gasteiger partial charge in [0.1, 0.15) is 18.1 Å². The zero-order chi connectivity index (χ0) is 30.0. The van der Waals surface area contributed by atoms with E-state index < -0.39 is 0 Å². The van der Waals surface area contributed by atoms with Crippen molar-refractivity contribution in [2.24, 2.45) is 17.8 Å². The minimum absolute atomic E-state index is 0.0948. The second kappa shape index (κ2) is 12.4. The minimum atomic E-state index is -0.388. The van der Waals surface area contributed by atoms with Gasteiger partial charge in [-0.25, -0.2) is 4.79 Å². The van der Waals surface area contributed by atoms with Crippen LogP contribution in [0.25, 0.3) is 11.1 Å². The molecule has 7 rings (SSSR count). The minimum Gasteiger partial charge on any atom is -0.496 e. The molecule has 0 spiro atoms. The molecule has 0 heterocycles. The van der Waals surface area contributed by atoms with Crippen LogP contribution in [-0.2, 0) is 32.7 Å². The van der Waals surface area contributed by atoms with Crippen LogP contribution in [0.2, 0.25) is 0 Å². The number of esters is 2. The van der Waals surface area contributed by atoms with Gasteiger partial charge in [-0.1, -0.05) is 36.4 Å². The summed E-state index contributed by atoms with van der Waals surface area (Å²) < 4.78 is 23.0. The Morgan fingerprint density at radius 2 is 1.51 bits per heavy atom. The largest absolute Gasteiger partial charge is 0.496 e. The summed E-state index contributed by atoms with van der Waals surface area (Å²) in [6.45, 7) is 4.52. The van der Waals surface area contributed by atoms with Gasteiger partial charge in [-0.3, -0.25) is 4.79 Å². The quantitative estimate of drug-likeness (QED) is 0.216. The van der Waals surface area contributed by atoms with Crippen molar-refractivity contribution >= 4 is 11.9 Å². The normalized spacial score (nSPS) is 23.6. The molecule has 6 heteroatoms. The average Bonchev–Trinajstić information content (AvgIpc) is 2.99. The van der Waals surface area contributed by atoms with Crippen LogP contribution in [-0.4, -0.2) is 32.3 Å². The Kier molecular flexibility index (Phi) is 8.47. The van der Waals surface area contributed by atoms with Gasteiger partial charge < -0.3 is 18.9 Å². The Morgan fingerprint density at radius 1 is 0.814 bits per heavy atom. The number of benzene rings is 3. The lowest BCUT2D eigenvalue weighted by molar-refractivity contribution is -0.142. The van der Waals surface area contributed by atoms with Crippen molar-refractivity contribution in [3.8, 4) is 22.6 Å². The van der Waals surface area contributed by atoms with Crippen molar-refractivity contribution in [2.75, 3.05) is 20.3 Å². The van der Waals surface area contributed by atoms with Crippen molar-refractivity contribution < 1.29 is 28.5 Å². The zero-order valence-corrected chi connectivity index (χ0v) is 25.5. The molecule has 3 aromatic carbocycles. The highest BCUT2D eigenvalue weighted by molar-refractivity contribution is 5.92. The number of ether oxygens (including phenoxy) is 4. The standard InChI is InChI=1S/C37H42O6/c1-4-41-34(38)19-29-9-7-11-32(35(29)28-8-6-10-30(18-28)36(39)42-5-2)43-23-24-12-13-31(33(17-24)40-3)37-20-25-14-26(21-37)16-27(15-25)22-37/h6-13,17-18,25-27H,4-5,14-16,19-23H2,1-3H3. The lowest BCUT2D eigenvalue weighted by Crippen LogP contribution is -2.48. The second-order valence-corrected chi connectivity index (χ2v) is 12.6. The number of hydrogen-bond donors (Lipinski definition) is 0. The fourth-order valence-corrected chi connectivity index (χ4v) is 8.42. The average molecular weight is 583 g/mol. The molecule has 226 valence electrons. The highest BCUT2D eigenvalue weighted by Crippen LogP contribution is 2.61. The summed E-state index contributed by atoms with van der Waals surface area (Å²) in [4.78, 5) is 25.0. The molecule has 4 saturated carbocycles. The van der Waals surface area contributed by atoms with Crippen molar-refractivity contribution in [2.45, 2.75) is 70.8 Å². The summed E-state index contributed by atoms with van der Waals surface area (Å²) in [6.07, 6.45) is 8.18. The predicted molar refractivity (Wildman–Crippen MR) is 165 cm³/mol. The zero-order valence-electron chi connectivity index (χ0n) is 25.5. The van der Waals surface area contributed by atoms with E-state index in [1.807, 2.05) is 30.3 Å². The lowest BCUT2D eigenvalue weighted by atomic mass is 9.48. The maximum atomic E-state index is 12.5. The van der Waals surface area contributed by atoms with Crippen LogP contribution in [0.15, 0.2) is 60.7 Å². The van der Waals surface area contributed by atoms with Gasteiger partial charge in [-0.15, -0.1) is 0 Å². The Hall–Kier alpha value is -3.80. The van der Waals surface area contributed by atoms with E-state index in [0.29, 0.717) is 31.1 Å².